The Morgan fingerprint density at radius 2 is 2.43 bits per heavy atom. The molecule has 5 heteroatoms. The van der Waals surface area contributed by atoms with Crippen LogP contribution in [0.3, 0.4) is 0 Å². The Morgan fingerprint density at radius 3 is 3.00 bits per heavy atom. The number of hydrogen-bond acceptors (Lipinski definition) is 4. The minimum atomic E-state index is -0.637. The number of halogens is 1. The van der Waals surface area contributed by atoms with Crippen LogP contribution in [-0.2, 0) is 19.1 Å². The number of esters is 2. The van der Waals surface area contributed by atoms with Crippen molar-refractivity contribution in [2.45, 2.75) is 12.5 Å². The molecule has 0 N–H and O–H groups in total. The van der Waals surface area contributed by atoms with Crippen molar-refractivity contribution >= 4 is 23.5 Å². The summed E-state index contributed by atoms with van der Waals surface area (Å²) in [6, 6.07) is 0. The molecule has 0 spiro atoms. The van der Waals surface area contributed by atoms with Gasteiger partial charge >= 0.3 is 11.9 Å². The molecule has 0 amide bonds. The maximum Gasteiger partial charge on any atom is 0.313 e. The van der Waals surface area contributed by atoms with Gasteiger partial charge in [-0.3, -0.25) is 9.59 Å². The highest BCUT2D eigenvalue weighted by atomic mass is 35.5. The average molecular weight is 217 g/mol. The van der Waals surface area contributed by atoms with Crippen molar-refractivity contribution in [2.24, 2.45) is 11.8 Å². The van der Waals surface area contributed by atoms with E-state index in [1.54, 1.807) is 6.08 Å². The van der Waals surface area contributed by atoms with Crippen LogP contribution in [0.25, 0.3) is 0 Å². The summed E-state index contributed by atoms with van der Waals surface area (Å²) >= 11 is 5.85. The normalized spacial score (nSPS) is 34.9. The Kier molecular flexibility index (Phi) is 2.23. The van der Waals surface area contributed by atoms with Gasteiger partial charge in [-0.15, -0.1) is 0 Å². The fourth-order valence-electron chi connectivity index (χ4n) is 1.83. The van der Waals surface area contributed by atoms with Crippen molar-refractivity contribution in [3.63, 3.8) is 0 Å². The lowest BCUT2D eigenvalue weighted by molar-refractivity contribution is -0.170. The number of methoxy groups -OCH3 is 1. The van der Waals surface area contributed by atoms with E-state index in [1.165, 1.54) is 7.11 Å². The molecule has 0 radical (unpaired) electrons. The number of carbonyl (C=O) groups excluding carboxylic acids is 2. The molecule has 2 heterocycles. The quantitative estimate of drug-likeness (QED) is 0.610. The molecule has 0 aromatic heterocycles. The van der Waals surface area contributed by atoms with E-state index in [0.717, 1.165) is 0 Å². The van der Waals surface area contributed by atoms with E-state index in [0.29, 0.717) is 11.5 Å². The zero-order chi connectivity index (χ0) is 10.3. The molecule has 4 nitrogen and oxygen atoms in total. The van der Waals surface area contributed by atoms with Crippen LogP contribution in [0.5, 0.6) is 0 Å². The molecule has 1 aliphatic carbocycles. The summed E-state index contributed by atoms with van der Waals surface area (Å²) < 4.78 is 9.60. The number of rotatable bonds is 1. The van der Waals surface area contributed by atoms with Crippen LogP contribution in [0.15, 0.2) is 11.1 Å². The highest BCUT2D eigenvalue weighted by Crippen LogP contribution is 2.39. The summed E-state index contributed by atoms with van der Waals surface area (Å²) in [5.74, 6) is -1.52. The van der Waals surface area contributed by atoms with Gasteiger partial charge < -0.3 is 9.47 Å². The van der Waals surface area contributed by atoms with Gasteiger partial charge in [0.2, 0.25) is 0 Å². The van der Waals surface area contributed by atoms with Crippen LogP contribution in [0, 0.1) is 11.8 Å². The van der Waals surface area contributed by atoms with Crippen molar-refractivity contribution in [3.05, 3.63) is 11.1 Å². The van der Waals surface area contributed by atoms with Gasteiger partial charge in [-0.25, -0.2) is 0 Å². The molecule has 0 unspecified atom stereocenters. The van der Waals surface area contributed by atoms with Crippen molar-refractivity contribution in [3.8, 4) is 0 Å². The van der Waals surface area contributed by atoms with Crippen molar-refractivity contribution in [1.82, 2.24) is 0 Å². The third-order valence-electron chi connectivity index (χ3n) is 2.56. The molecule has 3 rings (SSSR count). The molecule has 76 valence electrons. The predicted molar refractivity (Wildman–Crippen MR) is 47.4 cm³/mol. The molecule has 2 aliphatic heterocycles. The van der Waals surface area contributed by atoms with E-state index in [9.17, 15) is 9.59 Å². The van der Waals surface area contributed by atoms with Crippen molar-refractivity contribution in [2.75, 3.05) is 7.11 Å². The Labute approximate surface area is 85.8 Å². The number of hydrogen-bond donors (Lipinski definition) is 0. The van der Waals surface area contributed by atoms with Crippen molar-refractivity contribution in [1.29, 1.82) is 0 Å². The van der Waals surface area contributed by atoms with E-state index in [2.05, 4.69) is 4.74 Å². The van der Waals surface area contributed by atoms with Gasteiger partial charge in [-0.05, 0) is 6.42 Å². The lowest BCUT2D eigenvalue weighted by Crippen LogP contribution is -2.45. The third-order valence-corrected chi connectivity index (χ3v) is 2.90. The van der Waals surface area contributed by atoms with Crippen LogP contribution >= 0.6 is 11.6 Å². The minimum absolute atomic E-state index is 0.306. The predicted octanol–water partition coefficient (Wildman–Crippen LogP) is 0.844. The highest BCUT2D eigenvalue weighted by Gasteiger charge is 2.47. The molecule has 2 bridgehead atoms. The Balaban J connectivity index is 2.25. The molecule has 0 saturated carbocycles. The van der Waals surface area contributed by atoms with Gasteiger partial charge in [0.25, 0.3) is 0 Å². The molecule has 3 aliphatic rings. The second kappa shape index (κ2) is 3.28. The molecular formula is C9H9ClO4. The fourth-order valence-corrected chi connectivity index (χ4v) is 2.18. The SMILES string of the molecule is COC(=O)[C@@H]1C[C@@H]2C=C(Cl)[C@H]1OC2=O. The van der Waals surface area contributed by atoms with Gasteiger partial charge in [0.15, 0.2) is 6.10 Å². The molecule has 0 aromatic rings. The summed E-state index contributed by atoms with van der Waals surface area (Å²) in [7, 11) is 1.31. The monoisotopic (exact) mass is 216 g/mol. The van der Waals surface area contributed by atoms with Gasteiger partial charge in [-0.1, -0.05) is 17.7 Å². The second-order valence-corrected chi connectivity index (χ2v) is 3.82. The van der Waals surface area contributed by atoms with Gasteiger partial charge in [-0.2, -0.15) is 0 Å². The maximum atomic E-state index is 11.3. The summed E-state index contributed by atoms with van der Waals surface area (Å²) in [6.45, 7) is 0. The molecule has 1 saturated heterocycles. The first kappa shape index (κ1) is 9.52. The molecule has 0 aromatic carbocycles. The summed E-state index contributed by atoms with van der Waals surface area (Å²) in [4.78, 5) is 22.5. The van der Waals surface area contributed by atoms with E-state index < -0.39 is 17.9 Å². The van der Waals surface area contributed by atoms with Crippen LogP contribution < -0.4 is 0 Å². The van der Waals surface area contributed by atoms with Crippen LogP contribution in [0.2, 0.25) is 0 Å². The van der Waals surface area contributed by atoms with Gasteiger partial charge in [0, 0.05) is 0 Å². The average Bonchev–Trinajstić information content (AvgIpc) is 2.18. The maximum absolute atomic E-state index is 11.3. The third kappa shape index (κ3) is 1.30. The fraction of sp³-hybridized carbons (Fsp3) is 0.556. The largest absolute Gasteiger partial charge is 0.469 e. The summed E-state index contributed by atoms with van der Waals surface area (Å²) in [6.07, 6.45) is 1.45. The van der Waals surface area contributed by atoms with E-state index >= 15 is 0 Å². The summed E-state index contributed by atoms with van der Waals surface area (Å²) in [5.41, 5.74) is 0. The molecule has 14 heavy (non-hydrogen) atoms. The second-order valence-electron chi connectivity index (χ2n) is 3.38. The van der Waals surface area contributed by atoms with Crippen LogP contribution in [0.1, 0.15) is 6.42 Å². The first-order valence-corrected chi connectivity index (χ1v) is 4.67. The Bertz CT molecular complexity index is 323. The first-order chi connectivity index (χ1) is 6.63. The Morgan fingerprint density at radius 1 is 1.71 bits per heavy atom. The smallest absolute Gasteiger partial charge is 0.313 e. The van der Waals surface area contributed by atoms with Gasteiger partial charge in [0.05, 0.1) is 18.1 Å². The lowest BCUT2D eigenvalue weighted by atomic mass is 9.81. The number of fused-ring (bicyclic) bond motifs is 2. The lowest BCUT2D eigenvalue weighted by Gasteiger charge is -2.36. The number of ether oxygens (including phenoxy) is 2. The molecule has 1 fully saturated rings. The first-order valence-electron chi connectivity index (χ1n) is 4.29. The Hall–Kier alpha value is -1.03. The van der Waals surface area contributed by atoms with Crippen LogP contribution in [0.4, 0.5) is 0 Å². The highest BCUT2D eigenvalue weighted by molar-refractivity contribution is 6.31. The van der Waals surface area contributed by atoms with E-state index in [1.807, 2.05) is 0 Å². The van der Waals surface area contributed by atoms with E-state index in [4.69, 9.17) is 16.3 Å². The van der Waals surface area contributed by atoms with Crippen molar-refractivity contribution < 1.29 is 19.1 Å². The topological polar surface area (TPSA) is 52.6 Å². The zero-order valence-electron chi connectivity index (χ0n) is 7.53. The number of carbonyl (C=O) groups is 2. The standard InChI is InChI=1S/C9H9ClO4/c1-13-9(12)5-2-4-3-6(10)7(5)14-8(4)11/h3-5,7H,2H2,1H3/t4-,5-,7+/m1/s1. The molecule has 3 atom stereocenters. The van der Waals surface area contributed by atoms with Crippen LogP contribution in [-0.4, -0.2) is 25.2 Å². The summed E-state index contributed by atoms with van der Waals surface area (Å²) in [5, 5.41) is 0.427. The van der Waals surface area contributed by atoms with E-state index in [-0.39, 0.29) is 11.9 Å². The molecular weight excluding hydrogens is 208 g/mol. The zero-order valence-corrected chi connectivity index (χ0v) is 8.28. The van der Waals surface area contributed by atoms with Gasteiger partial charge in [0.1, 0.15) is 5.92 Å². The minimum Gasteiger partial charge on any atom is -0.469 e.